The molecule has 0 saturated heterocycles. The fourth-order valence-electron chi connectivity index (χ4n) is 3.10. The molecule has 0 radical (unpaired) electrons. The van der Waals surface area contributed by atoms with Crippen LogP contribution in [0.25, 0.3) is 22.2 Å². The first-order chi connectivity index (χ1) is 13.1. The van der Waals surface area contributed by atoms with Crippen LogP contribution < -0.4 is 0 Å². The van der Waals surface area contributed by atoms with E-state index in [0.717, 1.165) is 22.2 Å². The zero-order valence-corrected chi connectivity index (χ0v) is 14.7. The molecule has 0 aliphatic heterocycles. The number of hydrogen-bond acceptors (Lipinski definition) is 4. The van der Waals surface area contributed by atoms with Gasteiger partial charge in [0.25, 0.3) is 0 Å². The predicted molar refractivity (Wildman–Crippen MR) is 102 cm³/mol. The molecular weight excluding hydrogens is 342 g/mol. The number of aromatic amines is 2. The molecule has 2 aromatic carbocycles. The summed E-state index contributed by atoms with van der Waals surface area (Å²) in [6.07, 6.45) is 0. The van der Waals surface area contributed by atoms with E-state index < -0.39 is 5.97 Å². The largest absolute Gasteiger partial charge is 0.453 e. The number of carbonyl (C=O) groups excluding carboxylic acids is 2. The molecule has 0 unspecified atom stereocenters. The van der Waals surface area contributed by atoms with E-state index in [0.29, 0.717) is 11.3 Å². The number of rotatable bonds is 5. The van der Waals surface area contributed by atoms with Crippen molar-refractivity contribution in [3.05, 3.63) is 77.6 Å². The summed E-state index contributed by atoms with van der Waals surface area (Å²) in [6.45, 7) is 1.50. The number of carbonyl (C=O) groups is 2. The van der Waals surface area contributed by atoms with Crippen LogP contribution in [0.4, 0.5) is 0 Å². The van der Waals surface area contributed by atoms with Crippen LogP contribution in [-0.2, 0) is 4.74 Å². The maximum absolute atomic E-state index is 12.6. The van der Waals surface area contributed by atoms with Crippen LogP contribution in [0.1, 0.15) is 26.5 Å². The lowest BCUT2D eigenvalue weighted by molar-refractivity contribution is 0.0469. The van der Waals surface area contributed by atoms with E-state index in [1.54, 1.807) is 6.07 Å². The summed E-state index contributed by atoms with van der Waals surface area (Å²) in [7, 11) is 0. The number of aromatic nitrogens is 3. The summed E-state index contributed by atoms with van der Waals surface area (Å²) in [5.41, 5.74) is 3.92. The highest BCUT2D eigenvalue weighted by Crippen LogP contribution is 2.22. The number of nitrogens with one attached hydrogen (secondary N) is 2. The fourth-order valence-corrected chi connectivity index (χ4v) is 3.10. The van der Waals surface area contributed by atoms with Gasteiger partial charge in [-0.1, -0.05) is 48.5 Å². The Morgan fingerprint density at radius 2 is 1.78 bits per heavy atom. The Labute approximate surface area is 155 Å². The van der Waals surface area contributed by atoms with Crippen LogP contribution in [-0.4, -0.2) is 33.5 Å². The molecule has 4 aromatic rings. The van der Waals surface area contributed by atoms with Gasteiger partial charge in [0.1, 0.15) is 5.69 Å². The lowest BCUT2D eigenvalue weighted by Gasteiger charge is -2.03. The average Bonchev–Trinajstić information content (AvgIpc) is 3.30. The number of ether oxygens (including phenoxy) is 1. The van der Waals surface area contributed by atoms with E-state index in [1.165, 1.54) is 0 Å². The van der Waals surface area contributed by atoms with E-state index in [-0.39, 0.29) is 18.1 Å². The van der Waals surface area contributed by atoms with Crippen molar-refractivity contribution in [3.63, 3.8) is 0 Å². The molecule has 6 nitrogen and oxygen atoms in total. The number of H-pyrrole nitrogens is 2. The first kappa shape index (κ1) is 16.8. The number of nitrogens with zero attached hydrogens (tertiary/aromatic N) is 1. The van der Waals surface area contributed by atoms with Crippen LogP contribution in [0, 0.1) is 6.92 Å². The molecule has 0 fully saturated rings. The van der Waals surface area contributed by atoms with Gasteiger partial charge in [-0.05, 0) is 19.1 Å². The van der Waals surface area contributed by atoms with Gasteiger partial charge in [0, 0.05) is 27.7 Å². The molecule has 2 aromatic heterocycles. The normalized spacial score (nSPS) is 10.9. The average molecular weight is 359 g/mol. The molecule has 4 rings (SSSR count). The van der Waals surface area contributed by atoms with Crippen LogP contribution >= 0.6 is 0 Å². The van der Waals surface area contributed by atoms with Gasteiger partial charge in [-0.2, -0.15) is 5.10 Å². The van der Waals surface area contributed by atoms with Crippen molar-refractivity contribution in [1.29, 1.82) is 0 Å². The van der Waals surface area contributed by atoms with E-state index >= 15 is 0 Å². The van der Waals surface area contributed by atoms with E-state index in [2.05, 4.69) is 15.2 Å². The third-order valence-electron chi connectivity index (χ3n) is 4.37. The van der Waals surface area contributed by atoms with Crippen molar-refractivity contribution in [2.75, 3.05) is 6.61 Å². The van der Waals surface area contributed by atoms with E-state index in [1.807, 2.05) is 61.5 Å². The lowest BCUT2D eigenvalue weighted by atomic mass is 10.1. The lowest BCUT2D eigenvalue weighted by Crippen LogP contribution is -2.15. The number of esters is 1. The van der Waals surface area contributed by atoms with Crippen molar-refractivity contribution in [3.8, 4) is 11.3 Å². The SMILES string of the molecule is Cc1[nH]c2ccccc2c1C(=O)COC(=O)c1cc(-c2ccccc2)n[nH]1. The second-order valence-corrected chi connectivity index (χ2v) is 6.20. The van der Waals surface area contributed by atoms with Crippen molar-refractivity contribution >= 4 is 22.7 Å². The van der Waals surface area contributed by atoms with Crippen LogP contribution in [0.2, 0.25) is 0 Å². The molecule has 134 valence electrons. The molecule has 0 saturated carbocycles. The third kappa shape index (κ3) is 3.25. The van der Waals surface area contributed by atoms with Crippen molar-refractivity contribution in [2.24, 2.45) is 0 Å². The minimum absolute atomic E-state index is 0.206. The molecule has 0 bridgehead atoms. The molecule has 0 aliphatic rings. The fraction of sp³-hybridized carbons (Fsp3) is 0.0952. The zero-order valence-electron chi connectivity index (χ0n) is 14.7. The standard InChI is InChI=1S/C21H17N3O3/c1-13-20(15-9-5-6-10-16(15)22-13)19(25)12-27-21(26)18-11-17(23-24-18)14-7-3-2-4-8-14/h2-11,22H,12H2,1H3,(H,23,24). The number of Topliss-reactive ketones (excluding diaryl/α,β-unsaturated/α-hetero) is 1. The minimum Gasteiger partial charge on any atom is -0.453 e. The van der Waals surface area contributed by atoms with E-state index in [4.69, 9.17) is 4.74 Å². The molecule has 0 spiro atoms. The quantitative estimate of drug-likeness (QED) is 0.418. The summed E-state index contributed by atoms with van der Waals surface area (Å²) in [6, 6.07) is 18.6. The number of aryl methyl sites for hydroxylation is 1. The molecule has 0 aliphatic carbocycles. The maximum atomic E-state index is 12.6. The van der Waals surface area contributed by atoms with Crippen molar-refractivity contribution < 1.29 is 14.3 Å². The van der Waals surface area contributed by atoms with Crippen LogP contribution in [0.5, 0.6) is 0 Å². The second-order valence-electron chi connectivity index (χ2n) is 6.20. The van der Waals surface area contributed by atoms with Gasteiger partial charge < -0.3 is 9.72 Å². The van der Waals surface area contributed by atoms with Crippen LogP contribution in [0.3, 0.4) is 0 Å². The van der Waals surface area contributed by atoms with Crippen molar-refractivity contribution in [1.82, 2.24) is 15.2 Å². The number of benzene rings is 2. The Morgan fingerprint density at radius 3 is 2.59 bits per heavy atom. The monoisotopic (exact) mass is 359 g/mol. The number of hydrogen-bond donors (Lipinski definition) is 2. The first-order valence-corrected chi connectivity index (χ1v) is 8.52. The van der Waals surface area contributed by atoms with Crippen molar-refractivity contribution in [2.45, 2.75) is 6.92 Å². The number of ketones is 1. The van der Waals surface area contributed by atoms with Crippen LogP contribution in [0.15, 0.2) is 60.7 Å². The summed E-state index contributed by atoms with van der Waals surface area (Å²) in [4.78, 5) is 28.0. The van der Waals surface area contributed by atoms with Gasteiger partial charge in [0.15, 0.2) is 6.61 Å². The maximum Gasteiger partial charge on any atom is 0.356 e. The summed E-state index contributed by atoms with van der Waals surface area (Å²) in [5, 5.41) is 7.61. The number of fused-ring (bicyclic) bond motifs is 1. The zero-order chi connectivity index (χ0) is 18.8. The molecular formula is C21H17N3O3. The molecule has 2 N–H and O–H groups in total. The summed E-state index contributed by atoms with van der Waals surface area (Å²) >= 11 is 0. The highest BCUT2D eigenvalue weighted by Gasteiger charge is 2.19. The Balaban J connectivity index is 1.47. The topological polar surface area (TPSA) is 87.8 Å². The third-order valence-corrected chi connectivity index (χ3v) is 4.37. The highest BCUT2D eigenvalue weighted by atomic mass is 16.5. The second kappa shape index (κ2) is 6.92. The Bertz CT molecular complexity index is 1130. The molecule has 27 heavy (non-hydrogen) atoms. The smallest absolute Gasteiger partial charge is 0.356 e. The van der Waals surface area contributed by atoms with Gasteiger partial charge in [0.05, 0.1) is 5.69 Å². The molecule has 0 amide bonds. The van der Waals surface area contributed by atoms with E-state index in [9.17, 15) is 9.59 Å². The van der Waals surface area contributed by atoms with Gasteiger partial charge >= 0.3 is 5.97 Å². The van der Waals surface area contributed by atoms with Gasteiger partial charge in [-0.15, -0.1) is 0 Å². The van der Waals surface area contributed by atoms with Gasteiger partial charge in [-0.3, -0.25) is 9.89 Å². The molecule has 2 heterocycles. The first-order valence-electron chi connectivity index (χ1n) is 8.52. The number of para-hydroxylation sites is 1. The Morgan fingerprint density at radius 1 is 1.04 bits per heavy atom. The Hall–Kier alpha value is -3.67. The highest BCUT2D eigenvalue weighted by molar-refractivity contribution is 6.10. The molecule has 0 atom stereocenters. The summed E-state index contributed by atoms with van der Waals surface area (Å²) in [5.74, 6) is -0.864. The molecule has 6 heteroatoms. The van der Waals surface area contributed by atoms with Gasteiger partial charge in [-0.25, -0.2) is 4.79 Å². The minimum atomic E-state index is -0.615. The Kier molecular flexibility index (Phi) is 4.30. The van der Waals surface area contributed by atoms with Gasteiger partial charge in [0.2, 0.25) is 5.78 Å². The predicted octanol–water partition coefficient (Wildman–Crippen LogP) is 3.91. The summed E-state index contributed by atoms with van der Waals surface area (Å²) < 4.78 is 5.19.